The lowest BCUT2D eigenvalue weighted by Crippen LogP contribution is -2.31. The molecule has 1 unspecified atom stereocenters. The van der Waals surface area contributed by atoms with Gasteiger partial charge < -0.3 is 10.8 Å². The fraction of sp³-hybridized carbons (Fsp3) is 0.471. The predicted octanol–water partition coefficient (Wildman–Crippen LogP) is 2.61. The molecule has 3 N–H and O–H groups in total. The highest BCUT2D eigenvalue weighted by atomic mass is 32.2. The molecule has 0 aliphatic carbocycles. The number of aromatic nitrogens is 3. The first kappa shape index (κ1) is 18.5. The molecule has 24 heavy (non-hydrogen) atoms. The van der Waals surface area contributed by atoms with Gasteiger partial charge in [-0.3, -0.25) is 4.79 Å². The SMILES string of the molecule is CC(C)(CCSCCC(N)C(=O)O)n1ncc(-c2ccccc2)n1. The van der Waals surface area contributed by atoms with E-state index in [9.17, 15) is 4.79 Å². The lowest BCUT2D eigenvalue weighted by atomic mass is 10.0. The molecule has 6 nitrogen and oxygen atoms in total. The summed E-state index contributed by atoms with van der Waals surface area (Å²) in [5.74, 6) is 0.706. The molecule has 2 aromatic rings. The molecule has 0 amide bonds. The quantitative estimate of drug-likeness (QED) is 0.677. The van der Waals surface area contributed by atoms with Crippen molar-refractivity contribution in [2.45, 2.75) is 38.3 Å². The van der Waals surface area contributed by atoms with Gasteiger partial charge in [-0.15, -0.1) is 0 Å². The summed E-state index contributed by atoms with van der Waals surface area (Å²) in [6.45, 7) is 4.20. The molecule has 7 heteroatoms. The third-order valence-corrected chi connectivity index (χ3v) is 4.87. The van der Waals surface area contributed by atoms with Crippen molar-refractivity contribution in [2.75, 3.05) is 11.5 Å². The second-order valence-corrected chi connectivity index (χ2v) is 7.52. The minimum Gasteiger partial charge on any atom is -0.480 e. The molecule has 130 valence electrons. The zero-order chi connectivity index (χ0) is 17.6. The molecule has 2 rings (SSSR count). The standard InChI is InChI=1S/C17H24N4O2S/c1-17(2,9-11-24-10-8-14(18)16(22)23)21-19-12-15(20-21)13-6-4-3-5-7-13/h3-7,12,14H,8-11,18H2,1-2H3,(H,22,23). The maximum Gasteiger partial charge on any atom is 0.320 e. The van der Waals surface area contributed by atoms with Gasteiger partial charge in [0.15, 0.2) is 0 Å². The Morgan fingerprint density at radius 3 is 2.71 bits per heavy atom. The third-order valence-electron chi connectivity index (χ3n) is 3.85. The van der Waals surface area contributed by atoms with E-state index in [0.29, 0.717) is 6.42 Å². The molecule has 1 atom stereocenters. The number of hydrogen-bond donors (Lipinski definition) is 2. The zero-order valence-electron chi connectivity index (χ0n) is 14.1. The number of aliphatic carboxylic acids is 1. The molecule has 1 heterocycles. The molecule has 0 saturated heterocycles. The van der Waals surface area contributed by atoms with Crippen LogP contribution in [0.25, 0.3) is 11.3 Å². The predicted molar refractivity (Wildman–Crippen MR) is 97.0 cm³/mol. The van der Waals surface area contributed by atoms with Crippen LogP contribution in [0.15, 0.2) is 36.5 Å². The van der Waals surface area contributed by atoms with Gasteiger partial charge in [0.05, 0.1) is 11.7 Å². The van der Waals surface area contributed by atoms with E-state index in [-0.39, 0.29) is 5.54 Å². The van der Waals surface area contributed by atoms with Crippen LogP contribution in [0, 0.1) is 0 Å². The summed E-state index contributed by atoms with van der Waals surface area (Å²) >= 11 is 1.71. The van der Waals surface area contributed by atoms with Gasteiger partial charge in [-0.2, -0.15) is 26.8 Å². The van der Waals surface area contributed by atoms with Crippen LogP contribution in [0.4, 0.5) is 0 Å². The number of carboxylic acids is 1. The minimum absolute atomic E-state index is 0.199. The molecule has 0 aliphatic heterocycles. The average molecular weight is 348 g/mol. The molecule has 0 saturated carbocycles. The zero-order valence-corrected chi connectivity index (χ0v) is 14.9. The maximum atomic E-state index is 10.7. The molecule has 1 aromatic carbocycles. The van der Waals surface area contributed by atoms with E-state index in [1.54, 1.807) is 22.8 Å². The van der Waals surface area contributed by atoms with Crippen molar-refractivity contribution in [1.82, 2.24) is 15.0 Å². The Morgan fingerprint density at radius 2 is 2.04 bits per heavy atom. The monoisotopic (exact) mass is 348 g/mol. The van der Waals surface area contributed by atoms with Crippen molar-refractivity contribution in [3.05, 3.63) is 36.5 Å². The van der Waals surface area contributed by atoms with Crippen LogP contribution >= 0.6 is 11.8 Å². The summed E-state index contributed by atoms with van der Waals surface area (Å²) in [4.78, 5) is 12.4. The Bertz CT molecular complexity index is 658. The van der Waals surface area contributed by atoms with E-state index in [4.69, 9.17) is 10.8 Å². The van der Waals surface area contributed by atoms with Gasteiger partial charge in [0, 0.05) is 5.56 Å². The van der Waals surface area contributed by atoms with E-state index >= 15 is 0 Å². The summed E-state index contributed by atoms with van der Waals surface area (Å²) in [5.41, 5.74) is 7.21. The van der Waals surface area contributed by atoms with Crippen molar-refractivity contribution < 1.29 is 9.90 Å². The van der Waals surface area contributed by atoms with Gasteiger partial charge in [0.2, 0.25) is 0 Å². The number of rotatable bonds is 9. The number of thioether (sulfide) groups is 1. The molecule has 0 spiro atoms. The summed E-state index contributed by atoms with van der Waals surface area (Å²) in [5, 5.41) is 17.8. The number of carbonyl (C=O) groups is 1. The van der Waals surface area contributed by atoms with Crippen molar-refractivity contribution in [1.29, 1.82) is 0 Å². The van der Waals surface area contributed by atoms with Gasteiger partial charge in [-0.05, 0) is 38.2 Å². The van der Waals surface area contributed by atoms with Crippen LogP contribution in [0.2, 0.25) is 0 Å². The first-order valence-corrected chi connectivity index (χ1v) is 9.10. The summed E-state index contributed by atoms with van der Waals surface area (Å²) in [6, 6.07) is 9.21. The number of carboxylic acid groups (broad SMARTS) is 1. The van der Waals surface area contributed by atoms with Gasteiger partial charge in [0.1, 0.15) is 11.7 Å². The van der Waals surface area contributed by atoms with Crippen molar-refractivity contribution in [2.24, 2.45) is 5.73 Å². The average Bonchev–Trinajstić information content (AvgIpc) is 3.06. The highest BCUT2D eigenvalue weighted by molar-refractivity contribution is 7.99. The summed E-state index contributed by atoms with van der Waals surface area (Å²) < 4.78 is 0. The first-order valence-electron chi connectivity index (χ1n) is 7.94. The van der Waals surface area contributed by atoms with E-state index in [2.05, 4.69) is 24.0 Å². The molecule has 0 bridgehead atoms. The second-order valence-electron chi connectivity index (χ2n) is 6.29. The fourth-order valence-corrected chi connectivity index (χ4v) is 3.42. The van der Waals surface area contributed by atoms with Crippen LogP contribution < -0.4 is 5.73 Å². The smallest absolute Gasteiger partial charge is 0.320 e. The highest BCUT2D eigenvalue weighted by Gasteiger charge is 2.23. The normalized spacial score (nSPS) is 13.0. The fourth-order valence-electron chi connectivity index (χ4n) is 2.15. The summed E-state index contributed by atoms with van der Waals surface area (Å²) in [6.07, 6.45) is 3.16. The number of nitrogens with two attached hydrogens (primary N) is 1. The Hall–Kier alpha value is -1.86. The Labute approximate surface area is 146 Å². The second kappa shape index (κ2) is 8.30. The summed E-state index contributed by atoms with van der Waals surface area (Å²) in [7, 11) is 0. The van der Waals surface area contributed by atoms with Crippen LogP contribution in [0.1, 0.15) is 26.7 Å². The molecule has 1 aromatic heterocycles. The van der Waals surface area contributed by atoms with E-state index in [0.717, 1.165) is 29.2 Å². The van der Waals surface area contributed by atoms with Crippen LogP contribution in [0.3, 0.4) is 0 Å². The Balaban J connectivity index is 1.85. The first-order chi connectivity index (χ1) is 11.4. The van der Waals surface area contributed by atoms with Crippen molar-refractivity contribution >= 4 is 17.7 Å². The van der Waals surface area contributed by atoms with Gasteiger partial charge in [-0.1, -0.05) is 30.3 Å². The maximum absolute atomic E-state index is 10.7. The minimum atomic E-state index is -0.940. The third kappa shape index (κ3) is 5.07. The van der Waals surface area contributed by atoms with E-state index in [1.807, 2.05) is 30.3 Å². The van der Waals surface area contributed by atoms with E-state index in [1.165, 1.54) is 0 Å². The molecule has 0 aliphatic rings. The lowest BCUT2D eigenvalue weighted by Gasteiger charge is -2.23. The van der Waals surface area contributed by atoms with Crippen LogP contribution in [-0.2, 0) is 10.3 Å². The molecule has 0 fully saturated rings. The molecular formula is C17H24N4O2S. The topological polar surface area (TPSA) is 94.0 Å². The van der Waals surface area contributed by atoms with Crippen LogP contribution in [-0.4, -0.2) is 43.6 Å². The number of nitrogens with zero attached hydrogens (tertiary/aromatic N) is 3. The Kier molecular flexibility index (Phi) is 6.39. The molecular weight excluding hydrogens is 324 g/mol. The van der Waals surface area contributed by atoms with Gasteiger partial charge >= 0.3 is 5.97 Å². The van der Waals surface area contributed by atoms with Gasteiger partial charge in [0.25, 0.3) is 0 Å². The van der Waals surface area contributed by atoms with Crippen molar-refractivity contribution in [3.63, 3.8) is 0 Å². The van der Waals surface area contributed by atoms with Gasteiger partial charge in [-0.25, -0.2) is 0 Å². The Morgan fingerprint density at radius 1 is 1.33 bits per heavy atom. The number of hydrogen-bond acceptors (Lipinski definition) is 5. The van der Waals surface area contributed by atoms with E-state index < -0.39 is 12.0 Å². The van der Waals surface area contributed by atoms with Crippen molar-refractivity contribution in [3.8, 4) is 11.3 Å². The largest absolute Gasteiger partial charge is 0.480 e. The highest BCUT2D eigenvalue weighted by Crippen LogP contribution is 2.23. The number of benzene rings is 1. The molecule has 0 radical (unpaired) electrons. The van der Waals surface area contributed by atoms with Crippen LogP contribution in [0.5, 0.6) is 0 Å². The lowest BCUT2D eigenvalue weighted by molar-refractivity contribution is -0.138.